The summed E-state index contributed by atoms with van der Waals surface area (Å²) in [6.07, 6.45) is 12.0. The summed E-state index contributed by atoms with van der Waals surface area (Å²) in [6.45, 7) is 1.79. The Kier molecular flexibility index (Phi) is 4.32. The molecule has 0 radical (unpaired) electrons. The van der Waals surface area contributed by atoms with Gasteiger partial charge in [0.15, 0.2) is 0 Å². The molecular formula is C20H23FN6. The molecule has 1 N–H and O–H groups in total. The highest BCUT2D eigenvalue weighted by molar-refractivity contribution is 6.12. The van der Waals surface area contributed by atoms with E-state index >= 15 is 0 Å². The molecule has 1 aromatic heterocycles. The molecule has 27 heavy (non-hydrogen) atoms. The third-order valence-corrected chi connectivity index (χ3v) is 5.78. The van der Waals surface area contributed by atoms with E-state index in [-0.39, 0.29) is 24.1 Å². The van der Waals surface area contributed by atoms with Gasteiger partial charge in [-0.1, -0.05) is 0 Å². The van der Waals surface area contributed by atoms with E-state index in [1.165, 1.54) is 6.20 Å². The molecule has 4 aliphatic heterocycles. The van der Waals surface area contributed by atoms with Crippen LogP contribution in [0.2, 0.25) is 0 Å². The van der Waals surface area contributed by atoms with Crippen molar-refractivity contribution in [3.05, 3.63) is 41.5 Å². The molecule has 1 fully saturated rings. The number of hydrogen-bond donors (Lipinski definition) is 1. The van der Waals surface area contributed by atoms with Crippen LogP contribution in [0.3, 0.4) is 0 Å². The normalized spacial score (nSPS) is 29.7. The lowest BCUT2D eigenvalue weighted by Crippen LogP contribution is -2.46. The van der Waals surface area contributed by atoms with Crippen LogP contribution in [-0.4, -0.2) is 53.1 Å². The van der Waals surface area contributed by atoms with E-state index in [0.29, 0.717) is 0 Å². The summed E-state index contributed by atoms with van der Waals surface area (Å²) in [5.41, 5.74) is 2.99. The van der Waals surface area contributed by atoms with Gasteiger partial charge in [0.05, 0.1) is 18.0 Å². The van der Waals surface area contributed by atoms with Crippen LogP contribution in [0.4, 0.5) is 4.39 Å². The van der Waals surface area contributed by atoms with E-state index in [9.17, 15) is 4.39 Å². The summed E-state index contributed by atoms with van der Waals surface area (Å²) in [6, 6.07) is 1.71. The Bertz CT molecular complexity index is 858. The van der Waals surface area contributed by atoms with Crippen molar-refractivity contribution in [2.24, 2.45) is 15.0 Å². The standard InChI is InChI=1S/C20H23FN6/c21-13-10-14-15(23-11-13)4-1-2-8-22-20-19-16(24-12-25-20)6-7-18(26-19)27-9-3-5-17(14)27/h6-7,10-12,17,19-20,22H,1-5,8-9H2. The van der Waals surface area contributed by atoms with Crippen LogP contribution in [0, 0.1) is 5.82 Å². The highest BCUT2D eigenvalue weighted by Crippen LogP contribution is 2.35. The van der Waals surface area contributed by atoms with Gasteiger partial charge in [0.25, 0.3) is 0 Å². The maximum absolute atomic E-state index is 14.0. The molecule has 140 valence electrons. The molecular weight excluding hydrogens is 343 g/mol. The monoisotopic (exact) mass is 366 g/mol. The molecule has 0 spiro atoms. The number of halogens is 1. The maximum atomic E-state index is 14.0. The Labute approximate surface area is 158 Å². The number of pyridine rings is 1. The van der Waals surface area contributed by atoms with E-state index in [1.54, 1.807) is 12.4 Å². The molecule has 6 nitrogen and oxygen atoms in total. The first-order chi connectivity index (χ1) is 13.3. The first kappa shape index (κ1) is 16.7. The van der Waals surface area contributed by atoms with Crippen LogP contribution in [0.1, 0.15) is 43.0 Å². The maximum Gasteiger partial charge on any atom is 0.141 e. The summed E-state index contributed by atoms with van der Waals surface area (Å²) in [5.74, 6) is 0.684. The van der Waals surface area contributed by atoms with Crippen molar-refractivity contribution >= 4 is 17.9 Å². The van der Waals surface area contributed by atoms with Gasteiger partial charge in [0.1, 0.15) is 30.2 Å². The minimum Gasteiger partial charge on any atom is -0.350 e. The lowest BCUT2D eigenvalue weighted by molar-refractivity contribution is 0.392. The minimum absolute atomic E-state index is 0.0720. The van der Waals surface area contributed by atoms with Gasteiger partial charge >= 0.3 is 0 Å². The number of hydrogen-bond acceptors (Lipinski definition) is 6. The summed E-state index contributed by atoms with van der Waals surface area (Å²) >= 11 is 0. The third-order valence-electron chi connectivity index (χ3n) is 5.78. The zero-order chi connectivity index (χ0) is 18.2. The molecule has 2 bridgehead atoms. The second-order valence-corrected chi connectivity index (χ2v) is 7.48. The number of nitrogens with one attached hydrogen (secondary N) is 1. The van der Waals surface area contributed by atoms with Crippen LogP contribution in [0.5, 0.6) is 0 Å². The Morgan fingerprint density at radius 2 is 2.15 bits per heavy atom. The van der Waals surface area contributed by atoms with Crippen LogP contribution in [-0.2, 0) is 6.42 Å². The van der Waals surface area contributed by atoms with Gasteiger partial charge in [0.2, 0.25) is 0 Å². The first-order valence-electron chi connectivity index (χ1n) is 9.79. The van der Waals surface area contributed by atoms with Gasteiger partial charge in [-0.3, -0.25) is 20.3 Å². The average molecular weight is 366 g/mol. The van der Waals surface area contributed by atoms with Crippen molar-refractivity contribution in [1.82, 2.24) is 15.2 Å². The van der Waals surface area contributed by atoms with Crippen molar-refractivity contribution in [3.8, 4) is 0 Å². The quantitative estimate of drug-likeness (QED) is 0.767. The van der Waals surface area contributed by atoms with E-state index in [0.717, 1.165) is 68.0 Å². The lowest BCUT2D eigenvalue weighted by atomic mass is 9.99. The van der Waals surface area contributed by atoms with Crippen LogP contribution < -0.4 is 5.32 Å². The van der Waals surface area contributed by atoms with Crippen LogP contribution in [0.15, 0.2) is 39.4 Å². The second-order valence-electron chi connectivity index (χ2n) is 7.48. The van der Waals surface area contributed by atoms with E-state index < -0.39 is 0 Å². The molecule has 0 aliphatic carbocycles. The van der Waals surface area contributed by atoms with Crippen LogP contribution in [0.25, 0.3) is 0 Å². The molecule has 0 saturated carbocycles. The Hall–Kier alpha value is -2.41. The number of fused-ring (bicyclic) bond motifs is 4. The molecule has 3 unspecified atom stereocenters. The number of aryl methyl sites for hydroxylation is 1. The molecule has 0 amide bonds. The summed E-state index contributed by atoms with van der Waals surface area (Å²) in [5, 5.41) is 3.52. The van der Waals surface area contributed by atoms with Crippen LogP contribution >= 0.6 is 0 Å². The van der Waals surface area contributed by atoms with Gasteiger partial charge in [-0.05, 0) is 62.4 Å². The summed E-state index contributed by atoms with van der Waals surface area (Å²) < 4.78 is 14.0. The van der Waals surface area contributed by atoms with Crippen molar-refractivity contribution in [2.75, 3.05) is 13.1 Å². The molecule has 5 rings (SSSR count). The Morgan fingerprint density at radius 3 is 3.11 bits per heavy atom. The van der Waals surface area contributed by atoms with Crippen molar-refractivity contribution in [2.45, 2.75) is 50.4 Å². The van der Waals surface area contributed by atoms with Gasteiger partial charge in [0, 0.05) is 12.2 Å². The van der Waals surface area contributed by atoms with E-state index in [2.05, 4.69) is 25.2 Å². The fourth-order valence-corrected chi connectivity index (χ4v) is 4.46. The zero-order valence-electron chi connectivity index (χ0n) is 15.2. The minimum atomic E-state index is -0.260. The van der Waals surface area contributed by atoms with Crippen molar-refractivity contribution in [3.63, 3.8) is 0 Å². The first-order valence-corrected chi connectivity index (χ1v) is 9.79. The molecule has 4 aliphatic rings. The Balaban J connectivity index is 1.57. The number of rotatable bonds is 0. The van der Waals surface area contributed by atoms with Crippen molar-refractivity contribution in [1.29, 1.82) is 0 Å². The molecule has 0 aromatic carbocycles. The molecule has 1 saturated heterocycles. The Morgan fingerprint density at radius 1 is 1.19 bits per heavy atom. The SMILES string of the molecule is Fc1cnc2c(c1)C1CCCN1C1=NC3C(=NC=NC3NCCCC2)C=C1. The largest absolute Gasteiger partial charge is 0.350 e. The van der Waals surface area contributed by atoms with E-state index in [1.807, 2.05) is 12.2 Å². The lowest BCUT2D eigenvalue weighted by Gasteiger charge is -2.32. The highest BCUT2D eigenvalue weighted by Gasteiger charge is 2.34. The molecule has 5 heterocycles. The predicted molar refractivity (Wildman–Crippen MR) is 104 cm³/mol. The molecule has 7 heteroatoms. The molecule has 3 atom stereocenters. The fourth-order valence-electron chi connectivity index (χ4n) is 4.46. The number of dihydropyridines is 1. The van der Waals surface area contributed by atoms with Gasteiger partial charge in [-0.25, -0.2) is 9.38 Å². The number of aliphatic imine (C=N–C) groups is 3. The second kappa shape index (κ2) is 6.96. The van der Waals surface area contributed by atoms with Gasteiger partial charge in [-0.2, -0.15) is 0 Å². The number of nitrogens with zero attached hydrogens (tertiary/aromatic N) is 5. The van der Waals surface area contributed by atoms with Gasteiger partial charge < -0.3 is 4.90 Å². The number of amidine groups is 1. The zero-order valence-corrected chi connectivity index (χ0v) is 15.2. The fraction of sp³-hybridized carbons (Fsp3) is 0.500. The number of aromatic nitrogens is 1. The smallest absolute Gasteiger partial charge is 0.141 e. The highest BCUT2D eigenvalue weighted by atomic mass is 19.1. The summed E-state index contributed by atoms with van der Waals surface area (Å²) in [4.78, 5) is 20.7. The predicted octanol–water partition coefficient (Wildman–Crippen LogP) is 2.43. The van der Waals surface area contributed by atoms with E-state index in [4.69, 9.17) is 4.99 Å². The average Bonchev–Trinajstić information content (AvgIpc) is 3.17. The van der Waals surface area contributed by atoms with Gasteiger partial charge in [-0.15, -0.1) is 0 Å². The molecule has 1 aromatic rings. The summed E-state index contributed by atoms with van der Waals surface area (Å²) in [7, 11) is 0. The topological polar surface area (TPSA) is 65.2 Å². The van der Waals surface area contributed by atoms with Crippen molar-refractivity contribution < 1.29 is 4.39 Å². The third kappa shape index (κ3) is 3.10.